The molecule has 4 nitrogen and oxygen atoms in total. The van der Waals surface area contributed by atoms with Gasteiger partial charge in [-0.15, -0.1) is 0 Å². The van der Waals surface area contributed by atoms with Crippen molar-refractivity contribution in [2.24, 2.45) is 0 Å². The van der Waals surface area contributed by atoms with Crippen molar-refractivity contribution in [2.75, 3.05) is 10.6 Å². The summed E-state index contributed by atoms with van der Waals surface area (Å²) in [4.78, 5) is 24.5. The number of carbonyl (C=O) groups is 2. The molecule has 7 heteroatoms. The third-order valence-corrected chi connectivity index (χ3v) is 4.64. The van der Waals surface area contributed by atoms with Crippen LogP contribution in [0.4, 0.5) is 11.4 Å². The summed E-state index contributed by atoms with van der Waals surface area (Å²) in [6.07, 6.45) is 0. The molecule has 0 spiro atoms. The number of anilines is 2. The molecule has 0 fully saturated rings. The molecule has 0 aliphatic rings. The zero-order valence-corrected chi connectivity index (χ0v) is 16.1. The molecule has 0 saturated heterocycles. The Balaban J connectivity index is 1.65. The number of halogens is 3. The van der Waals surface area contributed by atoms with E-state index in [-0.39, 0.29) is 11.8 Å². The van der Waals surface area contributed by atoms with Crippen LogP contribution in [0.1, 0.15) is 20.7 Å². The Bertz CT molecular complexity index is 1000. The summed E-state index contributed by atoms with van der Waals surface area (Å²) in [5.41, 5.74) is 2.02. The largest absolute Gasteiger partial charge is 0.322 e. The summed E-state index contributed by atoms with van der Waals surface area (Å²) < 4.78 is 0. The van der Waals surface area contributed by atoms with Crippen molar-refractivity contribution < 1.29 is 9.59 Å². The van der Waals surface area contributed by atoms with Crippen molar-refractivity contribution >= 4 is 58.0 Å². The maximum Gasteiger partial charge on any atom is 0.255 e. The fourth-order valence-electron chi connectivity index (χ4n) is 2.31. The average molecular weight is 420 g/mol. The molecular weight excluding hydrogens is 407 g/mol. The topological polar surface area (TPSA) is 58.2 Å². The minimum absolute atomic E-state index is 0.273. The summed E-state index contributed by atoms with van der Waals surface area (Å²) >= 11 is 17.7. The second-order valence-corrected chi connectivity index (χ2v) is 6.88. The first-order valence-electron chi connectivity index (χ1n) is 7.86. The van der Waals surface area contributed by atoms with Crippen molar-refractivity contribution in [1.82, 2.24) is 0 Å². The van der Waals surface area contributed by atoms with Crippen LogP contribution in [-0.4, -0.2) is 11.8 Å². The molecule has 27 heavy (non-hydrogen) atoms. The van der Waals surface area contributed by atoms with Gasteiger partial charge in [-0.3, -0.25) is 9.59 Å². The third-order valence-electron chi connectivity index (χ3n) is 3.67. The van der Waals surface area contributed by atoms with E-state index in [0.717, 1.165) is 0 Å². The van der Waals surface area contributed by atoms with Gasteiger partial charge >= 0.3 is 0 Å². The molecule has 3 rings (SSSR count). The predicted octanol–water partition coefficient (Wildman–Crippen LogP) is 6.15. The molecule has 0 bridgehead atoms. The van der Waals surface area contributed by atoms with E-state index < -0.39 is 0 Å². The molecule has 3 aromatic carbocycles. The lowest BCUT2D eigenvalue weighted by molar-refractivity contribution is 0.101. The highest BCUT2D eigenvalue weighted by molar-refractivity contribution is 6.42. The van der Waals surface area contributed by atoms with Gasteiger partial charge < -0.3 is 10.6 Å². The molecule has 0 unspecified atom stereocenters. The van der Waals surface area contributed by atoms with E-state index in [2.05, 4.69) is 10.6 Å². The molecule has 0 radical (unpaired) electrons. The summed E-state index contributed by atoms with van der Waals surface area (Å²) in [5, 5.41) is 6.70. The maximum absolute atomic E-state index is 12.3. The van der Waals surface area contributed by atoms with E-state index in [1.807, 2.05) is 0 Å². The number of benzene rings is 3. The Morgan fingerprint density at radius 3 is 1.70 bits per heavy atom. The quantitative estimate of drug-likeness (QED) is 0.533. The van der Waals surface area contributed by atoms with Crippen LogP contribution in [0.15, 0.2) is 66.7 Å². The second kappa shape index (κ2) is 8.44. The Morgan fingerprint density at radius 2 is 1.19 bits per heavy atom. The van der Waals surface area contributed by atoms with Crippen LogP contribution in [0.25, 0.3) is 0 Å². The third kappa shape index (κ3) is 5.01. The predicted molar refractivity (Wildman–Crippen MR) is 110 cm³/mol. The number of hydrogen-bond acceptors (Lipinski definition) is 2. The van der Waals surface area contributed by atoms with Crippen molar-refractivity contribution in [3.63, 3.8) is 0 Å². The van der Waals surface area contributed by atoms with E-state index in [4.69, 9.17) is 34.8 Å². The first-order valence-corrected chi connectivity index (χ1v) is 8.99. The fourth-order valence-corrected chi connectivity index (χ4v) is 2.80. The first-order chi connectivity index (χ1) is 12.9. The van der Waals surface area contributed by atoms with Gasteiger partial charge in [0.1, 0.15) is 0 Å². The highest BCUT2D eigenvalue weighted by Crippen LogP contribution is 2.23. The summed E-state index contributed by atoms with van der Waals surface area (Å²) in [7, 11) is 0. The number of nitrogens with one attached hydrogen (secondary N) is 2. The normalized spacial score (nSPS) is 10.3. The van der Waals surface area contributed by atoms with Crippen LogP contribution >= 0.6 is 34.8 Å². The fraction of sp³-hybridized carbons (Fsp3) is 0. The van der Waals surface area contributed by atoms with Gasteiger partial charge in [-0.05, 0) is 60.7 Å². The molecule has 2 N–H and O–H groups in total. The molecule has 0 aliphatic carbocycles. The average Bonchev–Trinajstić information content (AvgIpc) is 2.65. The van der Waals surface area contributed by atoms with Crippen LogP contribution in [0.2, 0.25) is 15.1 Å². The van der Waals surface area contributed by atoms with Crippen molar-refractivity contribution in [1.29, 1.82) is 0 Å². The highest BCUT2D eigenvalue weighted by atomic mass is 35.5. The van der Waals surface area contributed by atoms with Crippen LogP contribution in [-0.2, 0) is 0 Å². The maximum atomic E-state index is 12.3. The van der Waals surface area contributed by atoms with Gasteiger partial charge in [0.2, 0.25) is 0 Å². The van der Waals surface area contributed by atoms with Gasteiger partial charge in [0, 0.05) is 27.5 Å². The Morgan fingerprint density at radius 1 is 0.630 bits per heavy atom. The summed E-state index contributed by atoms with van der Waals surface area (Å²) in [6, 6.07) is 18.1. The molecule has 136 valence electrons. The first kappa shape index (κ1) is 19.2. The molecule has 0 atom stereocenters. The number of rotatable bonds is 4. The molecule has 3 aromatic rings. The lowest BCUT2D eigenvalue weighted by Crippen LogP contribution is -2.13. The van der Waals surface area contributed by atoms with E-state index in [0.29, 0.717) is 37.6 Å². The molecule has 2 amide bonds. The zero-order chi connectivity index (χ0) is 19.4. The van der Waals surface area contributed by atoms with Crippen LogP contribution < -0.4 is 10.6 Å². The van der Waals surface area contributed by atoms with E-state index >= 15 is 0 Å². The van der Waals surface area contributed by atoms with E-state index in [9.17, 15) is 9.59 Å². The van der Waals surface area contributed by atoms with Gasteiger partial charge in [-0.1, -0.05) is 40.9 Å². The molecular formula is C20H13Cl3N2O2. The molecule has 0 heterocycles. The zero-order valence-electron chi connectivity index (χ0n) is 13.8. The monoisotopic (exact) mass is 418 g/mol. The van der Waals surface area contributed by atoms with Gasteiger partial charge in [0.05, 0.1) is 10.0 Å². The molecule has 0 saturated carbocycles. The smallest absolute Gasteiger partial charge is 0.255 e. The SMILES string of the molecule is O=C(Nc1ccc(NC(=O)c2ccc(Cl)c(Cl)c2)cc1)c1cccc(Cl)c1. The van der Waals surface area contributed by atoms with Crippen LogP contribution in [0, 0.1) is 0 Å². The lowest BCUT2D eigenvalue weighted by Gasteiger charge is -2.09. The van der Waals surface area contributed by atoms with Gasteiger partial charge in [0.15, 0.2) is 0 Å². The lowest BCUT2D eigenvalue weighted by atomic mass is 10.2. The summed E-state index contributed by atoms with van der Waals surface area (Å²) in [5.74, 6) is -0.589. The van der Waals surface area contributed by atoms with Gasteiger partial charge in [-0.2, -0.15) is 0 Å². The minimum atomic E-state index is -0.315. The van der Waals surface area contributed by atoms with E-state index in [1.54, 1.807) is 60.7 Å². The number of amides is 2. The second-order valence-electron chi connectivity index (χ2n) is 5.62. The van der Waals surface area contributed by atoms with Crippen LogP contribution in [0.5, 0.6) is 0 Å². The minimum Gasteiger partial charge on any atom is -0.322 e. The van der Waals surface area contributed by atoms with E-state index in [1.165, 1.54) is 6.07 Å². The Labute approximate surface area is 171 Å². The summed E-state index contributed by atoms with van der Waals surface area (Å²) in [6.45, 7) is 0. The van der Waals surface area contributed by atoms with Crippen LogP contribution in [0.3, 0.4) is 0 Å². The molecule has 0 aromatic heterocycles. The van der Waals surface area contributed by atoms with Crippen molar-refractivity contribution in [3.8, 4) is 0 Å². The van der Waals surface area contributed by atoms with Crippen molar-refractivity contribution in [2.45, 2.75) is 0 Å². The Hall–Kier alpha value is -2.53. The van der Waals surface area contributed by atoms with Gasteiger partial charge in [0.25, 0.3) is 11.8 Å². The number of hydrogen-bond donors (Lipinski definition) is 2. The number of carbonyl (C=O) groups excluding carboxylic acids is 2. The highest BCUT2D eigenvalue weighted by Gasteiger charge is 2.10. The Kier molecular flexibility index (Phi) is 6.01. The molecule has 0 aliphatic heterocycles. The van der Waals surface area contributed by atoms with Gasteiger partial charge in [-0.25, -0.2) is 0 Å². The standard InChI is InChI=1S/C20H13Cl3N2O2/c21-14-3-1-2-12(10-14)19(26)24-15-5-7-16(8-6-15)25-20(27)13-4-9-17(22)18(23)11-13/h1-11H,(H,24,26)(H,25,27). The van der Waals surface area contributed by atoms with Crippen molar-refractivity contribution in [3.05, 3.63) is 92.9 Å².